The molecule has 104 valence electrons. The quantitative estimate of drug-likeness (QED) is 0.883. The first-order valence-electron chi connectivity index (χ1n) is 6.54. The Bertz CT molecular complexity index is 612. The number of fused-ring (bicyclic) bond motifs is 1. The number of ether oxygens (including phenoxy) is 2. The molecule has 2 atom stereocenters. The van der Waals surface area contributed by atoms with E-state index in [1.54, 1.807) is 7.11 Å². The molecule has 0 saturated heterocycles. The van der Waals surface area contributed by atoms with Crippen LogP contribution in [0.5, 0.6) is 11.5 Å². The van der Waals surface area contributed by atoms with Crippen LogP contribution >= 0.6 is 15.9 Å². The lowest BCUT2D eigenvalue weighted by atomic mass is 10.0. The van der Waals surface area contributed by atoms with Crippen molar-refractivity contribution in [2.45, 2.75) is 19.1 Å². The molecule has 2 aromatic rings. The SMILES string of the molecule is COc1ccc(C2Oc3c(Br)cccc3NC2C)cc1. The molecule has 1 N–H and O–H groups in total. The highest BCUT2D eigenvalue weighted by molar-refractivity contribution is 9.10. The predicted molar refractivity (Wildman–Crippen MR) is 83.6 cm³/mol. The molecule has 0 bridgehead atoms. The summed E-state index contributed by atoms with van der Waals surface area (Å²) in [5.74, 6) is 1.72. The van der Waals surface area contributed by atoms with Gasteiger partial charge in [-0.3, -0.25) is 0 Å². The summed E-state index contributed by atoms with van der Waals surface area (Å²) in [5, 5.41) is 3.49. The largest absolute Gasteiger partial charge is 0.497 e. The maximum Gasteiger partial charge on any atom is 0.157 e. The van der Waals surface area contributed by atoms with Crippen LogP contribution in [0.1, 0.15) is 18.6 Å². The van der Waals surface area contributed by atoms with Gasteiger partial charge in [0.05, 0.1) is 23.3 Å². The first kappa shape index (κ1) is 13.3. The minimum atomic E-state index is -0.0212. The Morgan fingerprint density at radius 3 is 2.60 bits per heavy atom. The maximum atomic E-state index is 6.18. The monoisotopic (exact) mass is 333 g/mol. The van der Waals surface area contributed by atoms with Gasteiger partial charge in [0, 0.05) is 0 Å². The molecule has 3 nitrogen and oxygen atoms in total. The third-order valence-corrected chi connectivity index (χ3v) is 4.12. The summed E-state index contributed by atoms with van der Waals surface area (Å²) in [4.78, 5) is 0. The molecule has 0 radical (unpaired) electrons. The van der Waals surface area contributed by atoms with Gasteiger partial charge in [0.2, 0.25) is 0 Å². The zero-order valence-corrected chi connectivity index (χ0v) is 13.0. The number of methoxy groups -OCH3 is 1. The smallest absolute Gasteiger partial charge is 0.157 e. The molecule has 0 amide bonds. The molecule has 1 aliphatic rings. The summed E-state index contributed by atoms with van der Waals surface area (Å²) in [6.45, 7) is 2.12. The van der Waals surface area contributed by atoms with Crippen molar-refractivity contribution in [1.29, 1.82) is 0 Å². The average Bonchev–Trinajstić information content (AvgIpc) is 2.47. The Balaban J connectivity index is 1.93. The van der Waals surface area contributed by atoms with Crippen LogP contribution in [-0.4, -0.2) is 13.2 Å². The highest BCUT2D eigenvalue weighted by Gasteiger charge is 2.28. The number of halogens is 1. The third-order valence-electron chi connectivity index (χ3n) is 3.49. The number of rotatable bonds is 2. The number of anilines is 1. The molecule has 3 rings (SSSR count). The molecule has 0 saturated carbocycles. The lowest BCUT2D eigenvalue weighted by Gasteiger charge is -2.34. The van der Waals surface area contributed by atoms with E-state index in [9.17, 15) is 0 Å². The fraction of sp³-hybridized carbons (Fsp3) is 0.250. The van der Waals surface area contributed by atoms with E-state index in [4.69, 9.17) is 9.47 Å². The second-order valence-electron chi connectivity index (χ2n) is 4.86. The normalized spacial score (nSPS) is 20.6. The number of nitrogens with one attached hydrogen (secondary N) is 1. The first-order valence-corrected chi connectivity index (χ1v) is 7.34. The number of hydrogen-bond acceptors (Lipinski definition) is 3. The molecule has 20 heavy (non-hydrogen) atoms. The predicted octanol–water partition coefficient (Wildman–Crippen LogP) is 4.39. The van der Waals surface area contributed by atoms with Gasteiger partial charge in [-0.1, -0.05) is 18.2 Å². The Morgan fingerprint density at radius 2 is 1.90 bits per heavy atom. The highest BCUT2D eigenvalue weighted by atomic mass is 79.9. The first-order chi connectivity index (χ1) is 9.69. The van der Waals surface area contributed by atoms with E-state index >= 15 is 0 Å². The Kier molecular flexibility index (Phi) is 3.57. The average molecular weight is 334 g/mol. The van der Waals surface area contributed by atoms with Gasteiger partial charge in [-0.2, -0.15) is 0 Å². The zero-order valence-electron chi connectivity index (χ0n) is 11.4. The van der Waals surface area contributed by atoms with Gasteiger partial charge in [-0.05, 0) is 52.7 Å². The van der Waals surface area contributed by atoms with Gasteiger partial charge in [0.1, 0.15) is 11.9 Å². The van der Waals surface area contributed by atoms with Crippen LogP contribution in [0, 0.1) is 0 Å². The van der Waals surface area contributed by atoms with Crippen LogP contribution in [0.4, 0.5) is 5.69 Å². The second-order valence-corrected chi connectivity index (χ2v) is 5.72. The lowest BCUT2D eigenvalue weighted by Crippen LogP contribution is -2.32. The van der Waals surface area contributed by atoms with Crippen molar-refractivity contribution >= 4 is 21.6 Å². The van der Waals surface area contributed by atoms with E-state index in [0.717, 1.165) is 27.2 Å². The van der Waals surface area contributed by atoms with Crippen LogP contribution < -0.4 is 14.8 Å². The number of para-hydroxylation sites is 1. The number of hydrogen-bond donors (Lipinski definition) is 1. The van der Waals surface area contributed by atoms with Gasteiger partial charge in [-0.25, -0.2) is 0 Å². The van der Waals surface area contributed by atoms with Crippen LogP contribution in [0.25, 0.3) is 0 Å². The Labute approximate surface area is 127 Å². The van der Waals surface area contributed by atoms with E-state index in [0.29, 0.717) is 0 Å². The second kappa shape index (κ2) is 5.37. The van der Waals surface area contributed by atoms with Crippen molar-refractivity contribution < 1.29 is 9.47 Å². The van der Waals surface area contributed by atoms with Crippen LogP contribution in [0.2, 0.25) is 0 Å². The molecule has 2 aromatic carbocycles. The third kappa shape index (κ3) is 2.36. The van der Waals surface area contributed by atoms with Gasteiger partial charge in [0.15, 0.2) is 5.75 Å². The minimum Gasteiger partial charge on any atom is -0.497 e. The summed E-state index contributed by atoms with van der Waals surface area (Å²) in [6, 6.07) is 14.2. The number of benzene rings is 2. The molecule has 0 aromatic heterocycles. The standard InChI is InChI=1S/C16H16BrNO2/c1-10-15(11-6-8-12(19-2)9-7-11)20-16-13(17)4-3-5-14(16)18-10/h3-10,15,18H,1-2H3. The van der Waals surface area contributed by atoms with E-state index in [1.807, 2.05) is 42.5 Å². The van der Waals surface area contributed by atoms with Crippen molar-refractivity contribution in [2.75, 3.05) is 12.4 Å². The lowest BCUT2D eigenvalue weighted by molar-refractivity contribution is 0.176. The van der Waals surface area contributed by atoms with Gasteiger partial charge in [0.25, 0.3) is 0 Å². The molecule has 1 aliphatic heterocycles. The van der Waals surface area contributed by atoms with E-state index in [1.165, 1.54) is 0 Å². The summed E-state index contributed by atoms with van der Waals surface area (Å²) in [5.41, 5.74) is 2.16. The van der Waals surface area contributed by atoms with Crippen molar-refractivity contribution in [3.63, 3.8) is 0 Å². The fourth-order valence-electron chi connectivity index (χ4n) is 2.44. The maximum absolute atomic E-state index is 6.18. The van der Waals surface area contributed by atoms with Crippen molar-refractivity contribution in [2.24, 2.45) is 0 Å². The molecule has 0 spiro atoms. The highest BCUT2D eigenvalue weighted by Crippen LogP contribution is 2.42. The van der Waals surface area contributed by atoms with Crippen LogP contribution in [-0.2, 0) is 0 Å². The van der Waals surface area contributed by atoms with E-state index in [2.05, 4.69) is 28.2 Å². The summed E-state index contributed by atoms with van der Waals surface area (Å²) >= 11 is 3.54. The Morgan fingerprint density at radius 1 is 1.15 bits per heavy atom. The fourth-order valence-corrected chi connectivity index (χ4v) is 2.90. The minimum absolute atomic E-state index is 0.0212. The van der Waals surface area contributed by atoms with Gasteiger partial charge < -0.3 is 14.8 Å². The van der Waals surface area contributed by atoms with Gasteiger partial charge in [-0.15, -0.1) is 0 Å². The zero-order chi connectivity index (χ0) is 14.1. The topological polar surface area (TPSA) is 30.5 Å². The molecule has 0 fully saturated rings. The molecular weight excluding hydrogens is 318 g/mol. The van der Waals surface area contributed by atoms with E-state index < -0.39 is 0 Å². The molecule has 2 unspecified atom stereocenters. The molecule has 4 heteroatoms. The van der Waals surface area contributed by atoms with Crippen LogP contribution in [0.3, 0.4) is 0 Å². The van der Waals surface area contributed by atoms with Crippen molar-refractivity contribution in [1.82, 2.24) is 0 Å². The molecular formula is C16H16BrNO2. The summed E-state index contributed by atoms with van der Waals surface area (Å²) < 4.78 is 12.3. The Hall–Kier alpha value is -1.68. The van der Waals surface area contributed by atoms with E-state index in [-0.39, 0.29) is 12.1 Å². The van der Waals surface area contributed by atoms with Gasteiger partial charge >= 0.3 is 0 Å². The van der Waals surface area contributed by atoms with Crippen molar-refractivity contribution in [3.05, 3.63) is 52.5 Å². The van der Waals surface area contributed by atoms with Crippen molar-refractivity contribution in [3.8, 4) is 11.5 Å². The van der Waals surface area contributed by atoms with Crippen LogP contribution in [0.15, 0.2) is 46.9 Å². The molecule has 1 heterocycles. The molecule has 0 aliphatic carbocycles. The summed E-state index contributed by atoms with van der Waals surface area (Å²) in [7, 11) is 1.67. The summed E-state index contributed by atoms with van der Waals surface area (Å²) in [6.07, 6.45) is -0.0212.